The topological polar surface area (TPSA) is 85.8 Å². The molecule has 1 aromatic rings. The van der Waals surface area contributed by atoms with Gasteiger partial charge in [0.25, 0.3) is 0 Å². The fourth-order valence-electron chi connectivity index (χ4n) is 1.76. The Hall–Kier alpha value is -1.08. The van der Waals surface area contributed by atoms with Gasteiger partial charge in [-0.3, -0.25) is 4.79 Å². The van der Waals surface area contributed by atoms with E-state index < -0.39 is 0 Å². The maximum absolute atomic E-state index is 11.9. The van der Waals surface area contributed by atoms with Gasteiger partial charge in [0.1, 0.15) is 5.82 Å². The molecular weight excluding hydrogens is 262 g/mol. The van der Waals surface area contributed by atoms with Gasteiger partial charge in [0.15, 0.2) is 5.16 Å². The molecule has 1 atom stereocenters. The highest BCUT2D eigenvalue weighted by Gasteiger charge is 2.27. The van der Waals surface area contributed by atoms with Gasteiger partial charge < -0.3 is 15.6 Å². The molecule has 1 aliphatic carbocycles. The minimum absolute atomic E-state index is 0.0767. The number of nitrogens with two attached hydrogens (primary N) is 1. The molecule has 0 spiro atoms. The number of hydrogen-bond acceptors (Lipinski definition) is 5. The largest absolute Gasteiger partial charge is 0.352 e. The Labute approximate surface area is 117 Å². The Kier molecular flexibility index (Phi) is 4.81. The summed E-state index contributed by atoms with van der Waals surface area (Å²) in [6, 6.07) is 0.392. The molecule has 0 radical (unpaired) electrons. The quantitative estimate of drug-likeness (QED) is 0.726. The van der Waals surface area contributed by atoms with Gasteiger partial charge in [-0.2, -0.15) is 0 Å². The molecule has 7 heteroatoms. The summed E-state index contributed by atoms with van der Waals surface area (Å²) in [7, 11) is 0. The summed E-state index contributed by atoms with van der Waals surface area (Å²) in [6.07, 6.45) is 3.19. The summed E-state index contributed by atoms with van der Waals surface area (Å²) in [5.74, 6) is 0.854. The lowest BCUT2D eigenvalue weighted by molar-refractivity contribution is -0.120. The molecule has 0 aromatic carbocycles. The van der Waals surface area contributed by atoms with Gasteiger partial charge in [-0.15, -0.1) is 10.2 Å². The number of rotatable bonds is 7. The Bertz CT molecular complexity index is 443. The molecule has 6 nitrogen and oxygen atoms in total. The first kappa shape index (κ1) is 14.3. The maximum Gasteiger partial charge on any atom is 0.233 e. The van der Waals surface area contributed by atoms with Crippen molar-refractivity contribution >= 4 is 17.7 Å². The van der Waals surface area contributed by atoms with Gasteiger partial charge in [0.05, 0.1) is 11.8 Å². The minimum Gasteiger partial charge on any atom is -0.352 e. The summed E-state index contributed by atoms with van der Waals surface area (Å²) in [6.45, 7) is 5.20. The summed E-state index contributed by atoms with van der Waals surface area (Å²) in [4.78, 5) is 11.9. The predicted molar refractivity (Wildman–Crippen MR) is 74.7 cm³/mol. The number of nitrogens with one attached hydrogen (secondary N) is 1. The van der Waals surface area contributed by atoms with E-state index in [1.807, 2.05) is 11.5 Å². The van der Waals surface area contributed by atoms with Crippen LogP contribution in [0.4, 0.5) is 0 Å². The third-order valence-electron chi connectivity index (χ3n) is 3.00. The zero-order valence-corrected chi connectivity index (χ0v) is 12.2. The molecule has 0 saturated heterocycles. The Morgan fingerprint density at radius 3 is 2.89 bits per heavy atom. The highest BCUT2D eigenvalue weighted by Crippen LogP contribution is 2.24. The minimum atomic E-state index is -0.161. The van der Waals surface area contributed by atoms with E-state index in [0.717, 1.165) is 36.8 Å². The molecule has 106 valence electrons. The smallest absolute Gasteiger partial charge is 0.233 e. The van der Waals surface area contributed by atoms with E-state index in [-0.39, 0.29) is 11.2 Å². The number of nitrogens with zero attached hydrogens (tertiary/aromatic N) is 3. The fourth-order valence-corrected chi connectivity index (χ4v) is 2.67. The van der Waals surface area contributed by atoms with Crippen LogP contribution in [-0.2, 0) is 17.9 Å². The number of amides is 1. The SMILES string of the molecule is CCCn1c(CN)nnc1SC(C)C(=O)NC1CC1. The van der Waals surface area contributed by atoms with Gasteiger partial charge in [-0.05, 0) is 26.2 Å². The van der Waals surface area contributed by atoms with Crippen LogP contribution in [0.3, 0.4) is 0 Å². The van der Waals surface area contributed by atoms with E-state index in [1.54, 1.807) is 0 Å². The molecule has 0 aliphatic heterocycles. The summed E-state index contributed by atoms with van der Waals surface area (Å²) in [5, 5.41) is 11.8. The molecule has 1 aromatic heterocycles. The second-order valence-corrected chi connectivity index (χ2v) is 6.11. The zero-order valence-electron chi connectivity index (χ0n) is 11.4. The lowest BCUT2D eigenvalue weighted by Crippen LogP contribution is -2.32. The molecule has 2 rings (SSSR count). The van der Waals surface area contributed by atoms with Gasteiger partial charge in [-0.1, -0.05) is 18.7 Å². The van der Waals surface area contributed by atoms with E-state index in [9.17, 15) is 4.79 Å². The molecule has 1 unspecified atom stereocenters. The van der Waals surface area contributed by atoms with Crippen LogP contribution in [0, 0.1) is 0 Å². The van der Waals surface area contributed by atoms with Crippen LogP contribution in [0.5, 0.6) is 0 Å². The normalized spacial score (nSPS) is 16.4. The lowest BCUT2D eigenvalue weighted by Gasteiger charge is -2.12. The van der Waals surface area contributed by atoms with Crippen molar-refractivity contribution in [1.82, 2.24) is 20.1 Å². The first-order valence-corrected chi connectivity index (χ1v) is 7.62. The molecule has 1 aliphatic rings. The average Bonchev–Trinajstić information content (AvgIpc) is 3.13. The summed E-state index contributed by atoms with van der Waals surface area (Å²) in [5.41, 5.74) is 5.65. The van der Waals surface area contributed by atoms with Crippen molar-refractivity contribution in [3.05, 3.63) is 5.82 Å². The second-order valence-electron chi connectivity index (χ2n) is 4.80. The molecule has 0 bridgehead atoms. The van der Waals surface area contributed by atoms with Gasteiger partial charge in [0.2, 0.25) is 5.91 Å². The number of thioether (sulfide) groups is 1. The fraction of sp³-hybridized carbons (Fsp3) is 0.750. The van der Waals surface area contributed by atoms with E-state index >= 15 is 0 Å². The molecule has 19 heavy (non-hydrogen) atoms. The van der Waals surface area contributed by atoms with Crippen LogP contribution < -0.4 is 11.1 Å². The number of hydrogen-bond donors (Lipinski definition) is 2. The average molecular weight is 283 g/mol. The van der Waals surface area contributed by atoms with Crippen molar-refractivity contribution in [3.63, 3.8) is 0 Å². The molecule has 1 amide bonds. The van der Waals surface area contributed by atoms with Crippen molar-refractivity contribution in [3.8, 4) is 0 Å². The number of aromatic nitrogens is 3. The van der Waals surface area contributed by atoms with Crippen LogP contribution >= 0.6 is 11.8 Å². The van der Waals surface area contributed by atoms with E-state index in [4.69, 9.17) is 5.73 Å². The van der Waals surface area contributed by atoms with Crippen molar-refractivity contribution in [2.24, 2.45) is 5.73 Å². The predicted octanol–water partition coefficient (Wildman–Crippen LogP) is 0.906. The molecule has 1 heterocycles. The Morgan fingerprint density at radius 1 is 1.58 bits per heavy atom. The van der Waals surface area contributed by atoms with Crippen molar-refractivity contribution < 1.29 is 4.79 Å². The third-order valence-corrected chi connectivity index (χ3v) is 4.08. The highest BCUT2D eigenvalue weighted by atomic mass is 32.2. The van der Waals surface area contributed by atoms with E-state index in [2.05, 4.69) is 22.4 Å². The standard InChI is InChI=1S/C12H21N5OS/c1-3-6-17-10(7-13)15-16-12(17)19-8(2)11(18)14-9-4-5-9/h8-9H,3-7,13H2,1-2H3,(H,14,18). The number of carbonyl (C=O) groups is 1. The van der Waals surface area contributed by atoms with E-state index in [1.165, 1.54) is 11.8 Å². The van der Waals surface area contributed by atoms with Crippen LogP contribution in [0.1, 0.15) is 38.9 Å². The highest BCUT2D eigenvalue weighted by molar-refractivity contribution is 8.00. The van der Waals surface area contributed by atoms with Crippen molar-refractivity contribution in [1.29, 1.82) is 0 Å². The Morgan fingerprint density at radius 2 is 2.32 bits per heavy atom. The Balaban J connectivity index is 2.00. The van der Waals surface area contributed by atoms with Crippen molar-refractivity contribution in [2.45, 2.75) is 62.6 Å². The maximum atomic E-state index is 11.9. The first-order valence-electron chi connectivity index (χ1n) is 6.74. The van der Waals surface area contributed by atoms with Crippen LogP contribution in [0.25, 0.3) is 0 Å². The first-order chi connectivity index (χ1) is 9.15. The van der Waals surface area contributed by atoms with Crippen LogP contribution in [-0.4, -0.2) is 32.0 Å². The van der Waals surface area contributed by atoms with Crippen LogP contribution in [0.2, 0.25) is 0 Å². The molecule has 3 N–H and O–H groups in total. The lowest BCUT2D eigenvalue weighted by atomic mass is 10.4. The molecule has 1 saturated carbocycles. The second kappa shape index (κ2) is 6.38. The van der Waals surface area contributed by atoms with Gasteiger partial charge in [0, 0.05) is 12.6 Å². The zero-order chi connectivity index (χ0) is 13.8. The summed E-state index contributed by atoms with van der Waals surface area (Å²) >= 11 is 1.45. The van der Waals surface area contributed by atoms with Gasteiger partial charge in [-0.25, -0.2) is 0 Å². The third kappa shape index (κ3) is 3.70. The van der Waals surface area contributed by atoms with E-state index in [0.29, 0.717) is 12.6 Å². The number of carbonyl (C=O) groups excluding carboxylic acids is 1. The molecular formula is C12H21N5OS. The van der Waals surface area contributed by atoms with Crippen LogP contribution in [0.15, 0.2) is 5.16 Å². The van der Waals surface area contributed by atoms with Crippen molar-refractivity contribution in [2.75, 3.05) is 0 Å². The monoisotopic (exact) mass is 283 g/mol. The molecule has 1 fully saturated rings. The summed E-state index contributed by atoms with van der Waals surface area (Å²) < 4.78 is 2.01. The van der Waals surface area contributed by atoms with Gasteiger partial charge >= 0.3 is 0 Å².